The van der Waals surface area contributed by atoms with E-state index in [9.17, 15) is 0 Å². The first kappa shape index (κ1) is 11.7. The fraction of sp³-hybridized carbons (Fsp3) is 0.250. The van der Waals surface area contributed by atoms with Crippen molar-refractivity contribution in [3.8, 4) is 11.5 Å². The van der Waals surface area contributed by atoms with Gasteiger partial charge in [-0.3, -0.25) is 0 Å². The van der Waals surface area contributed by atoms with Crippen LogP contribution < -0.4 is 4.74 Å². The molecule has 0 spiro atoms. The average Bonchev–Trinajstić information content (AvgIpc) is 2.40. The molecular formula is C16H18O. The van der Waals surface area contributed by atoms with Gasteiger partial charge in [-0.2, -0.15) is 0 Å². The molecule has 0 atom stereocenters. The summed E-state index contributed by atoms with van der Waals surface area (Å²) in [6.07, 6.45) is 2.12. The first-order valence-corrected chi connectivity index (χ1v) is 6.17. The van der Waals surface area contributed by atoms with Crippen LogP contribution in [0.25, 0.3) is 0 Å². The van der Waals surface area contributed by atoms with Crippen molar-refractivity contribution >= 4 is 0 Å². The third kappa shape index (κ3) is 3.10. The Labute approximate surface area is 103 Å². The van der Waals surface area contributed by atoms with Crippen molar-refractivity contribution in [2.75, 3.05) is 0 Å². The van der Waals surface area contributed by atoms with Crippen molar-refractivity contribution in [2.24, 2.45) is 0 Å². The zero-order valence-electron chi connectivity index (χ0n) is 10.4. The Bertz CT molecular complexity index is 408. The van der Waals surface area contributed by atoms with E-state index >= 15 is 0 Å². The third-order valence-electron chi connectivity index (χ3n) is 2.90. The molecule has 88 valence electrons. The van der Waals surface area contributed by atoms with Gasteiger partial charge in [-0.25, -0.2) is 0 Å². The lowest BCUT2D eigenvalue weighted by atomic mass is 10.1. The second kappa shape index (κ2) is 5.53. The van der Waals surface area contributed by atoms with Gasteiger partial charge in [-0.1, -0.05) is 38.1 Å². The topological polar surface area (TPSA) is 9.23 Å². The predicted octanol–water partition coefficient (Wildman–Crippen LogP) is 4.60. The third-order valence-corrected chi connectivity index (χ3v) is 2.90. The molecule has 0 aliphatic heterocycles. The Morgan fingerprint density at radius 1 is 0.647 bits per heavy atom. The molecule has 0 aliphatic rings. The number of ether oxygens (including phenoxy) is 1. The lowest BCUT2D eigenvalue weighted by Gasteiger charge is -2.06. The monoisotopic (exact) mass is 226 g/mol. The SMILES string of the molecule is CCc1ccc(Oc2ccc(CC)cc2)cc1. The molecule has 0 unspecified atom stereocenters. The molecule has 0 amide bonds. The molecule has 2 aromatic carbocycles. The fourth-order valence-corrected chi connectivity index (χ4v) is 1.72. The Balaban J connectivity index is 2.08. The first-order chi connectivity index (χ1) is 8.31. The first-order valence-electron chi connectivity index (χ1n) is 6.17. The highest BCUT2D eigenvalue weighted by Crippen LogP contribution is 2.22. The van der Waals surface area contributed by atoms with Gasteiger partial charge < -0.3 is 4.74 Å². The van der Waals surface area contributed by atoms with E-state index in [1.807, 2.05) is 24.3 Å². The van der Waals surface area contributed by atoms with Gasteiger partial charge in [0.1, 0.15) is 11.5 Å². The smallest absolute Gasteiger partial charge is 0.127 e. The van der Waals surface area contributed by atoms with E-state index in [1.165, 1.54) is 11.1 Å². The summed E-state index contributed by atoms with van der Waals surface area (Å²) in [4.78, 5) is 0. The van der Waals surface area contributed by atoms with Crippen LogP contribution in [-0.2, 0) is 12.8 Å². The Morgan fingerprint density at radius 3 is 1.29 bits per heavy atom. The van der Waals surface area contributed by atoms with Gasteiger partial charge in [-0.15, -0.1) is 0 Å². The van der Waals surface area contributed by atoms with E-state index in [1.54, 1.807) is 0 Å². The van der Waals surface area contributed by atoms with Crippen molar-refractivity contribution in [2.45, 2.75) is 26.7 Å². The molecule has 2 aromatic rings. The molecule has 0 radical (unpaired) electrons. The summed E-state index contributed by atoms with van der Waals surface area (Å²) in [5.41, 5.74) is 2.66. The van der Waals surface area contributed by atoms with Crippen molar-refractivity contribution in [1.82, 2.24) is 0 Å². The van der Waals surface area contributed by atoms with E-state index in [4.69, 9.17) is 4.74 Å². The zero-order valence-corrected chi connectivity index (χ0v) is 10.4. The molecule has 2 rings (SSSR count). The zero-order chi connectivity index (χ0) is 12.1. The van der Waals surface area contributed by atoms with Crippen molar-refractivity contribution in [3.63, 3.8) is 0 Å². The number of hydrogen-bond donors (Lipinski definition) is 0. The quantitative estimate of drug-likeness (QED) is 0.740. The summed E-state index contributed by atoms with van der Waals surface area (Å²) in [6.45, 7) is 4.30. The maximum atomic E-state index is 5.78. The average molecular weight is 226 g/mol. The molecule has 0 heterocycles. The molecule has 0 aliphatic carbocycles. The van der Waals surface area contributed by atoms with Gasteiger partial charge in [-0.05, 0) is 48.2 Å². The number of hydrogen-bond acceptors (Lipinski definition) is 1. The summed E-state index contributed by atoms with van der Waals surface area (Å²) in [5, 5.41) is 0. The minimum Gasteiger partial charge on any atom is -0.457 e. The van der Waals surface area contributed by atoms with Crippen LogP contribution in [0.3, 0.4) is 0 Å². The molecule has 0 aromatic heterocycles. The van der Waals surface area contributed by atoms with Crippen molar-refractivity contribution in [3.05, 3.63) is 59.7 Å². The van der Waals surface area contributed by atoms with Gasteiger partial charge in [0.05, 0.1) is 0 Å². The molecule has 0 saturated heterocycles. The molecular weight excluding hydrogens is 208 g/mol. The molecule has 1 nitrogen and oxygen atoms in total. The summed E-state index contributed by atoms with van der Waals surface area (Å²) in [7, 11) is 0. The lowest BCUT2D eigenvalue weighted by molar-refractivity contribution is 0.482. The van der Waals surface area contributed by atoms with E-state index in [-0.39, 0.29) is 0 Å². The second-order valence-electron chi connectivity index (χ2n) is 4.10. The lowest BCUT2D eigenvalue weighted by Crippen LogP contribution is -1.86. The maximum absolute atomic E-state index is 5.78. The van der Waals surface area contributed by atoms with E-state index in [2.05, 4.69) is 38.1 Å². The minimum absolute atomic E-state index is 0.895. The van der Waals surface area contributed by atoms with E-state index in [0.717, 1.165) is 24.3 Å². The van der Waals surface area contributed by atoms with E-state index < -0.39 is 0 Å². The van der Waals surface area contributed by atoms with Gasteiger partial charge >= 0.3 is 0 Å². The van der Waals surface area contributed by atoms with Crippen LogP contribution in [0, 0.1) is 0 Å². The van der Waals surface area contributed by atoms with Crippen LogP contribution in [0.15, 0.2) is 48.5 Å². The molecule has 0 saturated carbocycles. The summed E-state index contributed by atoms with van der Waals surface area (Å²) >= 11 is 0. The highest BCUT2D eigenvalue weighted by atomic mass is 16.5. The van der Waals surface area contributed by atoms with Crippen LogP contribution in [-0.4, -0.2) is 0 Å². The summed E-state index contributed by atoms with van der Waals surface area (Å²) in [6, 6.07) is 16.5. The van der Waals surface area contributed by atoms with Gasteiger partial charge in [0, 0.05) is 0 Å². The van der Waals surface area contributed by atoms with Crippen LogP contribution >= 0.6 is 0 Å². The second-order valence-corrected chi connectivity index (χ2v) is 4.10. The van der Waals surface area contributed by atoms with Gasteiger partial charge in [0.25, 0.3) is 0 Å². The van der Waals surface area contributed by atoms with Gasteiger partial charge in [0.2, 0.25) is 0 Å². The molecule has 0 fully saturated rings. The highest BCUT2D eigenvalue weighted by molar-refractivity contribution is 5.34. The van der Waals surface area contributed by atoms with Gasteiger partial charge in [0.15, 0.2) is 0 Å². The summed E-state index contributed by atoms with van der Waals surface area (Å²) < 4.78 is 5.78. The van der Waals surface area contributed by atoms with Crippen LogP contribution in [0.5, 0.6) is 11.5 Å². The maximum Gasteiger partial charge on any atom is 0.127 e. The molecule has 1 heteroatoms. The summed E-state index contributed by atoms with van der Waals surface area (Å²) in [5.74, 6) is 1.79. The standard InChI is InChI=1S/C16H18O/c1-3-13-5-9-15(10-6-13)17-16-11-7-14(4-2)8-12-16/h5-12H,3-4H2,1-2H3. The van der Waals surface area contributed by atoms with Crippen molar-refractivity contribution in [1.29, 1.82) is 0 Å². The molecule has 0 bridgehead atoms. The number of aryl methyl sites for hydroxylation is 2. The van der Waals surface area contributed by atoms with Crippen molar-refractivity contribution < 1.29 is 4.74 Å². The predicted molar refractivity (Wildman–Crippen MR) is 71.7 cm³/mol. The van der Waals surface area contributed by atoms with Crippen LogP contribution in [0.1, 0.15) is 25.0 Å². The Morgan fingerprint density at radius 2 is 1.00 bits per heavy atom. The normalized spacial score (nSPS) is 10.2. The minimum atomic E-state index is 0.895. The number of benzene rings is 2. The highest BCUT2D eigenvalue weighted by Gasteiger charge is 1.97. The largest absolute Gasteiger partial charge is 0.457 e. The molecule has 17 heavy (non-hydrogen) atoms. The Hall–Kier alpha value is -1.76. The van der Waals surface area contributed by atoms with Crippen LogP contribution in [0.4, 0.5) is 0 Å². The number of rotatable bonds is 4. The Kier molecular flexibility index (Phi) is 3.81. The molecule has 0 N–H and O–H groups in total. The fourth-order valence-electron chi connectivity index (χ4n) is 1.72. The van der Waals surface area contributed by atoms with Crippen LogP contribution in [0.2, 0.25) is 0 Å². The van der Waals surface area contributed by atoms with E-state index in [0.29, 0.717) is 0 Å².